The maximum absolute atomic E-state index is 11.4. The van der Waals surface area contributed by atoms with Crippen molar-refractivity contribution in [2.75, 3.05) is 37.6 Å². The highest BCUT2D eigenvalue weighted by molar-refractivity contribution is 7.22. The minimum absolute atomic E-state index is 0.0261. The van der Waals surface area contributed by atoms with Crippen LogP contribution in [-0.2, 0) is 6.42 Å². The molecule has 0 bridgehead atoms. The predicted octanol–water partition coefficient (Wildman–Crippen LogP) is 3.95. The Balaban J connectivity index is 1.13. The van der Waals surface area contributed by atoms with Crippen molar-refractivity contribution in [2.45, 2.75) is 12.8 Å². The van der Waals surface area contributed by atoms with Crippen molar-refractivity contribution in [3.63, 3.8) is 0 Å². The van der Waals surface area contributed by atoms with E-state index in [1.54, 1.807) is 11.3 Å². The van der Waals surface area contributed by atoms with Crippen LogP contribution >= 0.6 is 22.7 Å². The first kappa shape index (κ1) is 17.8. The summed E-state index contributed by atoms with van der Waals surface area (Å²) in [6, 6.07) is 14.7. The molecule has 1 aliphatic heterocycles. The fourth-order valence-electron chi connectivity index (χ4n) is 3.81. The standard InChI is InChI=1S/C21H22N4OS2/c26-21-23-17-8-7-15(14-19(17)28-21)4-3-9-24-10-12-25(13-11-24)20-22-16-5-1-2-6-18(16)27-20/h1-2,5-8,14H,3-4,9-13H2,(H,23,26). The molecule has 3 heterocycles. The largest absolute Gasteiger partial charge is 0.345 e. The van der Waals surface area contributed by atoms with E-state index in [0.29, 0.717) is 0 Å². The van der Waals surface area contributed by atoms with E-state index in [4.69, 9.17) is 4.98 Å². The molecule has 5 nitrogen and oxygen atoms in total. The highest BCUT2D eigenvalue weighted by Gasteiger charge is 2.19. The fourth-order valence-corrected chi connectivity index (χ4v) is 5.63. The maximum atomic E-state index is 11.4. The number of para-hydroxylation sites is 1. The second kappa shape index (κ2) is 7.66. The molecular formula is C21H22N4OS2. The zero-order valence-corrected chi connectivity index (χ0v) is 17.2. The number of aromatic amines is 1. The number of fused-ring (bicyclic) bond motifs is 2. The molecule has 0 spiro atoms. The average Bonchev–Trinajstić information content (AvgIpc) is 3.30. The molecule has 1 fully saturated rings. The number of nitrogens with one attached hydrogen (secondary N) is 1. The number of rotatable bonds is 5. The average molecular weight is 411 g/mol. The van der Waals surface area contributed by atoms with E-state index >= 15 is 0 Å². The molecule has 0 radical (unpaired) electrons. The number of H-pyrrole nitrogens is 1. The quantitative estimate of drug-likeness (QED) is 0.541. The normalized spacial score (nSPS) is 15.6. The zero-order chi connectivity index (χ0) is 18.9. The van der Waals surface area contributed by atoms with Gasteiger partial charge in [-0.05, 0) is 49.2 Å². The lowest BCUT2D eigenvalue weighted by atomic mass is 10.1. The molecular weight excluding hydrogens is 388 g/mol. The van der Waals surface area contributed by atoms with Gasteiger partial charge in [0.05, 0.1) is 20.4 Å². The van der Waals surface area contributed by atoms with Gasteiger partial charge in [0.25, 0.3) is 0 Å². The van der Waals surface area contributed by atoms with Gasteiger partial charge in [-0.25, -0.2) is 4.98 Å². The summed E-state index contributed by atoms with van der Waals surface area (Å²) in [7, 11) is 0. The van der Waals surface area contributed by atoms with Crippen molar-refractivity contribution in [3.05, 3.63) is 57.7 Å². The Morgan fingerprint density at radius 2 is 1.86 bits per heavy atom. The Morgan fingerprint density at radius 1 is 1.00 bits per heavy atom. The van der Waals surface area contributed by atoms with Gasteiger partial charge in [-0.1, -0.05) is 40.9 Å². The van der Waals surface area contributed by atoms with Crippen LogP contribution in [-0.4, -0.2) is 47.6 Å². The van der Waals surface area contributed by atoms with Crippen molar-refractivity contribution >= 4 is 48.2 Å². The molecule has 2 aromatic carbocycles. The molecule has 144 valence electrons. The molecule has 0 aliphatic carbocycles. The number of aromatic nitrogens is 2. The van der Waals surface area contributed by atoms with Crippen LogP contribution in [0.3, 0.4) is 0 Å². The summed E-state index contributed by atoms with van der Waals surface area (Å²) in [6.07, 6.45) is 2.20. The Kier molecular flexibility index (Phi) is 4.88. The molecule has 2 aromatic heterocycles. The molecule has 28 heavy (non-hydrogen) atoms. The minimum atomic E-state index is 0.0261. The molecule has 7 heteroatoms. The molecule has 0 saturated carbocycles. The summed E-state index contributed by atoms with van der Waals surface area (Å²) in [5, 5.41) is 1.15. The van der Waals surface area contributed by atoms with E-state index in [2.05, 4.69) is 51.2 Å². The van der Waals surface area contributed by atoms with E-state index in [9.17, 15) is 4.79 Å². The second-order valence-electron chi connectivity index (χ2n) is 7.24. The number of piperazine rings is 1. The minimum Gasteiger partial charge on any atom is -0.345 e. The van der Waals surface area contributed by atoms with E-state index < -0.39 is 0 Å². The predicted molar refractivity (Wildman–Crippen MR) is 119 cm³/mol. The van der Waals surface area contributed by atoms with Crippen molar-refractivity contribution in [1.29, 1.82) is 0 Å². The van der Waals surface area contributed by atoms with Crippen LogP contribution in [0.5, 0.6) is 0 Å². The lowest BCUT2D eigenvalue weighted by Crippen LogP contribution is -2.46. The lowest BCUT2D eigenvalue weighted by Gasteiger charge is -2.34. The van der Waals surface area contributed by atoms with Crippen LogP contribution in [0.25, 0.3) is 20.4 Å². The molecule has 0 amide bonds. The molecule has 5 rings (SSSR count). The molecule has 1 aliphatic rings. The Bertz CT molecular complexity index is 1120. The van der Waals surface area contributed by atoms with Gasteiger partial charge in [-0.3, -0.25) is 9.69 Å². The molecule has 4 aromatic rings. The van der Waals surface area contributed by atoms with Crippen LogP contribution in [0.2, 0.25) is 0 Å². The third-order valence-corrected chi connectivity index (χ3v) is 7.29. The zero-order valence-electron chi connectivity index (χ0n) is 15.6. The van der Waals surface area contributed by atoms with Crippen molar-refractivity contribution in [1.82, 2.24) is 14.9 Å². The third kappa shape index (κ3) is 3.70. The fraction of sp³-hybridized carbons (Fsp3) is 0.333. The van der Waals surface area contributed by atoms with Crippen LogP contribution in [0, 0.1) is 0 Å². The first-order chi connectivity index (χ1) is 13.7. The van der Waals surface area contributed by atoms with Gasteiger partial charge in [0.15, 0.2) is 5.13 Å². The topological polar surface area (TPSA) is 52.2 Å². The van der Waals surface area contributed by atoms with Gasteiger partial charge in [-0.2, -0.15) is 0 Å². The summed E-state index contributed by atoms with van der Waals surface area (Å²) in [6.45, 7) is 5.39. The van der Waals surface area contributed by atoms with E-state index in [1.165, 1.54) is 21.6 Å². The van der Waals surface area contributed by atoms with E-state index in [1.807, 2.05) is 6.07 Å². The summed E-state index contributed by atoms with van der Waals surface area (Å²) in [5.74, 6) is 0. The highest BCUT2D eigenvalue weighted by atomic mass is 32.1. The van der Waals surface area contributed by atoms with Crippen molar-refractivity contribution in [3.8, 4) is 0 Å². The maximum Gasteiger partial charge on any atom is 0.305 e. The number of nitrogens with zero attached hydrogens (tertiary/aromatic N) is 3. The number of benzene rings is 2. The summed E-state index contributed by atoms with van der Waals surface area (Å²) < 4.78 is 2.33. The summed E-state index contributed by atoms with van der Waals surface area (Å²) in [4.78, 5) is 24.1. The van der Waals surface area contributed by atoms with Gasteiger partial charge in [0.2, 0.25) is 0 Å². The van der Waals surface area contributed by atoms with Gasteiger partial charge in [-0.15, -0.1) is 0 Å². The van der Waals surface area contributed by atoms with Crippen molar-refractivity contribution < 1.29 is 0 Å². The molecule has 1 N–H and O–H groups in total. The number of thiazole rings is 2. The van der Waals surface area contributed by atoms with Crippen LogP contribution in [0.4, 0.5) is 5.13 Å². The smallest absolute Gasteiger partial charge is 0.305 e. The third-order valence-electron chi connectivity index (χ3n) is 5.35. The van der Waals surface area contributed by atoms with Crippen LogP contribution < -0.4 is 9.77 Å². The van der Waals surface area contributed by atoms with Gasteiger partial charge >= 0.3 is 4.87 Å². The first-order valence-electron chi connectivity index (χ1n) is 9.69. The molecule has 0 unspecified atom stereocenters. The van der Waals surface area contributed by atoms with E-state index in [-0.39, 0.29) is 4.87 Å². The van der Waals surface area contributed by atoms with E-state index in [0.717, 1.165) is 66.4 Å². The summed E-state index contributed by atoms with van der Waals surface area (Å²) in [5.41, 5.74) is 3.37. The Morgan fingerprint density at radius 3 is 2.71 bits per heavy atom. The number of hydrogen-bond donors (Lipinski definition) is 1. The summed E-state index contributed by atoms with van der Waals surface area (Å²) >= 11 is 3.09. The number of anilines is 1. The molecule has 1 saturated heterocycles. The number of hydrogen-bond acceptors (Lipinski definition) is 6. The van der Waals surface area contributed by atoms with Crippen LogP contribution in [0.15, 0.2) is 47.3 Å². The van der Waals surface area contributed by atoms with Crippen LogP contribution in [0.1, 0.15) is 12.0 Å². The SMILES string of the molecule is O=c1[nH]c2ccc(CCCN3CCN(c4nc5ccccc5s4)CC3)cc2s1. The lowest BCUT2D eigenvalue weighted by molar-refractivity contribution is 0.255. The number of aryl methyl sites for hydroxylation is 1. The molecule has 0 atom stereocenters. The monoisotopic (exact) mass is 410 g/mol. The highest BCUT2D eigenvalue weighted by Crippen LogP contribution is 2.29. The second-order valence-corrected chi connectivity index (χ2v) is 9.27. The van der Waals surface area contributed by atoms with Gasteiger partial charge < -0.3 is 9.88 Å². The van der Waals surface area contributed by atoms with Gasteiger partial charge in [0.1, 0.15) is 0 Å². The first-order valence-corrected chi connectivity index (χ1v) is 11.3. The van der Waals surface area contributed by atoms with Gasteiger partial charge in [0, 0.05) is 26.2 Å². The van der Waals surface area contributed by atoms with Crippen molar-refractivity contribution in [2.24, 2.45) is 0 Å². The Hall–Kier alpha value is -2.22. The Labute approximate surface area is 171 Å².